The number of halogens is 1. The highest BCUT2D eigenvalue weighted by Crippen LogP contribution is 2.30. The van der Waals surface area contributed by atoms with Crippen LogP contribution in [-0.2, 0) is 5.60 Å². The predicted octanol–water partition coefficient (Wildman–Crippen LogP) is 4.60. The van der Waals surface area contributed by atoms with Gasteiger partial charge in [-0.25, -0.2) is 9.97 Å². The minimum atomic E-state index is -1.63. The van der Waals surface area contributed by atoms with Gasteiger partial charge in [0, 0.05) is 28.4 Å². The molecule has 1 atom stereocenters. The van der Waals surface area contributed by atoms with E-state index in [0.29, 0.717) is 27.8 Å². The second kappa shape index (κ2) is 7.97. The lowest BCUT2D eigenvalue weighted by Crippen LogP contribution is -2.27. The van der Waals surface area contributed by atoms with Crippen LogP contribution in [0.2, 0.25) is 5.02 Å². The number of ether oxygens (including phenoxy) is 1. The molecule has 0 bridgehead atoms. The average Bonchev–Trinajstić information content (AvgIpc) is 2.69. The molecule has 0 saturated carbocycles. The number of aromatic nitrogens is 3. The topological polar surface area (TPSA) is 68.1 Å². The van der Waals surface area contributed by atoms with Crippen molar-refractivity contribution in [2.75, 3.05) is 0 Å². The quantitative estimate of drug-likeness (QED) is 0.656. The Labute approximate surface area is 169 Å². The molecule has 1 unspecified atom stereocenters. The van der Waals surface area contributed by atoms with Crippen LogP contribution in [0.25, 0.3) is 0 Å². The molecule has 3 aromatic rings. The van der Waals surface area contributed by atoms with Gasteiger partial charge in [0.05, 0.1) is 11.9 Å². The molecular formula is C22H20ClN3O2. The van der Waals surface area contributed by atoms with Crippen molar-refractivity contribution in [1.29, 1.82) is 0 Å². The second-order valence-electron chi connectivity index (χ2n) is 7.27. The fourth-order valence-electron chi connectivity index (χ4n) is 2.34. The van der Waals surface area contributed by atoms with E-state index in [-0.39, 0.29) is 5.41 Å². The molecule has 6 heteroatoms. The van der Waals surface area contributed by atoms with Crippen LogP contribution in [0, 0.1) is 17.3 Å². The Hall–Kier alpha value is -2.94. The van der Waals surface area contributed by atoms with Gasteiger partial charge in [0.2, 0.25) is 0 Å². The predicted molar refractivity (Wildman–Crippen MR) is 108 cm³/mol. The molecule has 2 aromatic heterocycles. The van der Waals surface area contributed by atoms with Gasteiger partial charge in [0.1, 0.15) is 17.8 Å². The lowest BCUT2D eigenvalue weighted by atomic mass is 9.89. The Balaban J connectivity index is 1.94. The average molecular weight is 394 g/mol. The lowest BCUT2D eigenvalue weighted by molar-refractivity contribution is 0.139. The van der Waals surface area contributed by atoms with Crippen molar-refractivity contribution in [2.24, 2.45) is 5.41 Å². The zero-order valence-corrected chi connectivity index (χ0v) is 16.6. The first-order valence-corrected chi connectivity index (χ1v) is 9.06. The zero-order chi connectivity index (χ0) is 20.2. The van der Waals surface area contributed by atoms with Crippen molar-refractivity contribution >= 4 is 11.6 Å². The molecule has 3 rings (SSSR count). The van der Waals surface area contributed by atoms with Gasteiger partial charge in [-0.15, -0.1) is 0 Å². The number of pyridine rings is 1. The van der Waals surface area contributed by atoms with E-state index >= 15 is 0 Å². The van der Waals surface area contributed by atoms with Crippen LogP contribution >= 0.6 is 11.6 Å². The van der Waals surface area contributed by atoms with Crippen LogP contribution in [0.3, 0.4) is 0 Å². The number of nitrogens with zero attached hydrogens (tertiary/aromatic N) is 3. The standard InChI is InChI=1S/C22H20ClN3O2/c1-21(2,3)10-11-22(27,16-12-24-15-25-13-16)20-9-8-19(14-26-20)28-18-6-4-17(23)5-7-18/h4-9,12-15,27H,1-3H3. The third-order valence-corrected chi connectivity index (χ3v) is 4.01. The fraction of sp³-hybridized carbons (Fsp3) is 0.227. The summed E-state index contributed by atoms with van der Waals surface area (Å²) in [7, 11) is 0. The molecule has 2 heterocycles. The number of rotatable bonds is 4. The summed E-state index contributed by atoms with van der Waals surface area (Å²) in [4.78, 5) is 12.4. The van der Waals surface area contributed by atoms with Crippen molar-refractivity contribution in [1.82, 2.24) is 15.0 Å². The fourth-order valence-corrected chi connectivity index (χ4v) is 2.47. The molecule has 1 N–H and O–H groups in total. The van der Waals surface area contributed by atoms with E-state index in [2.05, 4.69) is 26.8 Å². The summed E-state index contributed by atoms with van der Waals surface area (Å²) in [5.41, 5.74) is -1.11. The van der Waals surface area contributed by atoms with E-state index in [1.807, 2.05) is 20.8 Å². The van der Waals surface area contributed by atoms with E-state index in [1.165, 1.54) is 24.9 Å². The molecule has 142 valence electrons. The minimum absolute atomic E-state index is 0.290. The molecule has 0 aliphatic heterocycles. The summed E-state index contributed by atoms with van der Waals surface area (Å²) in [5, 5.41) is 12.0. The lowest BCUT2D eigenvalue weighted by Gasteiger charge is -2.22. The van der Waals surface area contributed by atoms with Gasteiger partial charge in [-0.05, 0) is 57.2 Å². The van der Waals surface area contributed by atoms with Crippen LogP contribution in [-0.4, -0.2) is 20.1 Å². The molecular weight excluding hydrogens is 374 g/mol. The summed E-state index contributed by atoms with van der Waals surface area (Å²) in [6.45, 7) is 5.91. The summed E-state index contributed by atoms with van der Waals surface area (Å²) in [5.74, 6) is 7.20. The first-order valence-electron chi connectivity index (χ1n) is 8.68. The third kappa shape index (κ3) is 4.86. The molecule has 28 heavy (non-hydrogen) atoms. The zero-order valence-electron chi connectivity index (χ0n) is 15.8. The number of hydrogen-bond donors (Lipinski definition) is 1. The summed E-state index contributed by atoms with van der Waals surface area (Å²) >= 11 is 5.89. The molecule has 0 amide bonds. The minimum Gasteiger partial charge on any atom is -0.456 e. The summed E-state index contributed by atoms with van der Waals surface area (Å²) < 4.78 is 5.76. The van der Waals surface area contributed by atoms with Crippen LogP contribution in [0.4, 0.5) is 0 Å². The maximum absolute atomic E-state index is 11.4. The molecule has 0 aliphatic carbocycles. The van der Waals surface area contributed by atoms with Crippen molar-refractivity contribution in [3.63, 3.8) is 0 Å². The van der Waals surface area contributed by atoms with Crippen molar-refractivity contribution < 1.29 is 9.84 Å². The van der Waals surface area contributed by atoms with Gasteiger partial charge in [-0.1, -0.05) is 23.4 Å². The van der Waals surface area contributed by atoms with E-state index in [1.54, 1.807) is 36.4 Å². The first kappa shape index (κ1) is 19.8. The summed E-state index contributed by atoms with van der Waals surface area (Å²) in [6.07, 6.45) is 6.00. The van der Waals surface area contributed by atoms with Gasteiger partial charge < -0.3 is 9.84 Å². The third-order valence-electron chi connectivity index (χ3n) is 3.75. The smallest absolute Gasteiger partial charge is 0.197 e. The maximum Gasteiger partial charge on any atom is 0.197 e. The van der Waals surface area contributed by atoms with Crippen LogP contribution in [0.1, 0.15) is 32.0 Å². The molecule has 0 radical (unpaired) electrons. The first-order chi connectivity index (χ1) is 13.3. The van der Waals surface area contributed by atoms with E-state index < -0.39 is 5.60 Å². The highest BCUT2D eigenvalue weighted by molar-refractivity contribution is 6.30. The highest BCUT2D eigenvalue weighted by atomic mass is 35.5. The Morgan fingerprint density at radius 2 is 1.54 bits per heavy atom. The number of aliphatic hydroxyl groups is 1. The molecule has 0 spiro atoms. The van der Waals surface area contributed by atoms with Gasteiger partial charge in [0.25, 0.3) is 0 Å². The summed E-state index contributed by atoms with van der Waals surface area (Å²) in [6, 6.07) is 10.4. The highest BCUT2D eigenvalue weighted by Gasteiger charge is 2.32. The molecule has 5 nitrogen and oxygen atoms in total. The van der Waals surface area contributed by atoms with Crippen molar-refractivity contribution in [3.05, 3.63) is 77.6 Å². The van der Waals surface area contributed by atoms with Gasteiger partial charge in [0.15, 0.2) is 5.60 Å². The van der Waals surface area contributed by atoms with E-state index in [0.717, 1.165) is 0 Å². The van der Waals surface area contributed by atoms with Gasteiger partial charge in [-0.2, -0.15) is 0 Å². The normalized spacial score (nSPS) is 13.2. The Morgan fingerprint density at radius 1 is 0.893 bits per heavy atom. The largest absolute Gasteiger partial charge is 0.456 e. The molecule has 0 fully saturated rings. The van der Waals surface area contributed by atoms with Crippen LogP contribution < -0.4 is 4.74 Å². The van der Waals surface area contributed by atoms with Crippen molar-refractivity contribution in [3.8, 4) is 23.3 Å². The van der Waals surface area contributed by atoms with Crippen LogP contribution in [0.15, 0.2) is 61.3 Å². The molecule has 1 aromatic carbocycles. The van der Waals surface area contributed by atoms with Gasteiger partial charge in [-0.3, -0.25) is 4.98 Å². The Bertz CT molecular complexity index is 988. The van der Waals surface area contributed by atoms with E-state index in [4.69, 9.17) is 16.3 Å². The number of hydrogen-bond acceptors (Lipinski definition) is 5. The number of benzene rings is 1. The van der Waals surface area contributed by atoms with Gasteiger partial charge >= 0.3 is 0 Å². The Morgan fingerprint density at radius 3 is 2.11 bits per heavy atom. The van der Waals surface area contributed by atoms with E-state index in [9.17, 15) is 5.11 Å². The van der Waals surface area contributed by atoms with Crippen molar-refractivity contribution in [2.45, 2.75) is 26.4 Å². The maximum atomic E-state index is 11.4. The second-order valence-corrected chi connectivity index (χ2v) is 7.71. The molecule has 0 saturated heterocycles. The Kier molecular flexibility index (Phi) is 5.64. The monoisotopic (exact) mass is 393 g/mol. The van der Waals surface area contributed by atoms with Crippen LogP contribution in [0.5, 0.6) is 11.5 Å². The molecule has 0 aliphatic rings. The SMILES string of the molecule is CC(C)(C)C#CC(O)(c1cncnc1)c1ccc(Oc2ccc(Cl)cc2)cn1.